The van der Waals surface area contributed by atoms with Gasteiger partial charge in [-0.05, 0) is 30.3 Å². The number of hydrogen-bond acceptors (Lipinski definition) is 7. The molecule has 10 heteroatoms. The van der Waals surface area contributed by atoms with Crippen LogP contribution in [0.15, 0.2) is 40.8 Å². The van der Waals surface area contributed by atoms with Crippen LogP contribution in [0.5, 0.6) is 0 Å². The maximum absolute atomic E-state index is 12.5. The lowest BCUT2D eigenvalue weighted by molar-refractivity contribution is -0.121. The van der Waals surface area contributed by atoms with E-state index >= 15 is 0 Å². The molecular formula is C18H13ClN4O4S. The van der Waals surface area contributed by atoms with Crippen molar-refractivity contribution in [2.24, 2.45) is 0 Å². The number of imide groups is 1. The Balaban J connectivity index is 1.46. The number of hydrogen-bond donors (Lipinski definition) is 1. The Morgan fingerprint density at radius 1 is 1.18 bits per heavy atom. The fourth-order valence-corrected chi connectivity index (χ4v) is 3.87. The lowest BCUT2D eigenvalue weighted by Gasteiger charge is -2.14. The highest BCUT2D eigenvalue weighted by Crippen LogP contribution is 2.25. The summed E-state index contributed by atoms with van der Waals surface area (Å²) in [5.41, 5.74) is 0.621. The zero-order chi connectivity index (χ0) is 19.7. The quantitative estimate of drug-likeness (QED) is 0.640. The van der Waals surface area contributed by atoms with E-state index in [1.165, 1.54) is 17.4 Å². The third-order valence-electron chi connectivity index (χ3n) is 4.06. The molecule has 3 amide bonds. The number of halogens is 1. The van der Waals surface area contributed by atoms with Crippen molar-refractivity contribution in [2.75, 3.05) is 10.2 Å². The first-order chi connectivity index (χ1) is 13.5. The molecule has 0 saturated carbocycles. The van der Waals surface area contributed by atoms with E-state index in [-0.39, 0.29) is 36.2 Å². The van der Waals surface area contributed by atoms with Crippen molar-refractivity contribution < 1.29 is 18.8 Å². The van der Waals surface area contributed by atoms with Gasteiger partial charge in [0, 0.05) is 23.3 Å². The molecule has 1 N–H and O–H groups in total. The third-order valence-corrected chi connectivity index (χ3v) is 5.29. The van der Waals surface area contributed by atoms with Crippen molar-refractivity contribution in [3.63, 3.8) is 0 Å². The highest BCUT2D eigenvalue weighted by Gasteiger charge is 2.30. The van der Waals surface area contributed by atoms with Crippen molar-refractivity contribution in [1.29, 1.82) is 0 Å². The molecule has 1 fully saturated rings. The molecule has 8 nitrogen and oxygen atoms in total. The number of thiophene rings is 1. The van der Waals surface area contributed by atoms with Gasteiger partial charge in [0.2, 0.25) is 17.7 Å². The van der Waals surface area contributed by atoms with Crippen LogP contribution >= 0.6 is 22.9 Å². The average molecular weight is 417 g/mol. The maximum Gasteiger partial charge on any atom is 0.322 e. The molecule has 1 saturated heterocycles. The fourth-order valence-electron chi connectivity index (χ4n) is 2.79. The second-order valence-electron chi connectivity index (χ2n) is 6.01. The first kappa shape index (κ1) is 18.3. The number of aromatic nitrogens is 2. The highest BCUT2D eigenvalue weighted by atomic mass is 35.5. The first-order valence-corrected chi connectivity index (χ1v) is 9.53. The summed E-state index contributed by atoms with van der Waals surface area (Å²) in [6.07, 6.45) is 0.764. The number of amides is 3. The van der Waals surface area contributed by atoms with Gasteiger partial charge in [-0.25, -0.2) is 0 Å². The van der Waals surface area contributed by atoms with E-state index in [1.54, 1.807) is 24.3 Å². The van der Waals surface area contributed by atoms with Crippen LogP contribution in [0.25, 0.3) is 0 Å². The molecule has 0 bridgehead atoms. The molecular weight excluding hydrogens is 404 g/mol. The minimum atomic E-state index is -0.490. The Labute approximate surface area is 168 Å². The van der Waals surface area contributed by atoms with Crippen LogP contribution in [0.2, 0.25) is 4.34 Å². The molecule has 1 aromatic carbocycles. The second kappa shape index (κ2) is 7.53. The molecule has 0 aliphatic carbocycles. The van der Waals surface area contributed by atoms with E-state index in [4.69, 9.17) is 16.0 Å². The Bertz CT molecular complexity index is 1060. The van der Waals surface area contributed by atoms with Crippen LogP contribution < -0.4 is 10.2 Å². The number of carbonyl (C=O) groups is 3. The molecule has 0 unspecified atom stereocenters. The van der Waals surface area contributed by atoms with Crippen LogP contribution in [-0.2, 0) is 16.0 Å². The summed E-state index contributed by atoms with van der Waals surface area (Å²) in [6.45, 7) is 0. The highest BCUT2D eigenvalue weighted by molar-refractivity contribution is 7.16. The summed E-state index contributed by atoms with van der Waals surface area (Å²) < 4.78 is 6.11. The number of benzene rings is 1. The number of carbonyl (C=O) groups excluding carboxylic acids is 3. The Morgan fingerprint density at radius 3 is 2.68 bits per heavy atom. The van der Waals surface area contributed by atoms with E-state index in [9.17, 15) is 14.4 Å². The van der Waals surface area contributed by atoms with Crippen LogP contribution in [-0.4, -0.2) is 27.9 Å². The van der Waals surface area contributed by atoms with Gasteiger partial charge in [0.05, 0.1) is 16.4 Å². The molecule has 2 aromatic heterocycles. The van der Waals surface area contributed by atoms with Gasteiger partial charge in [0.25, 0.3) is 5.91 Å². The molecule has 3 aromatic rings. The maximum atomic E-state index is 12.5. The molecule has 1 aliphatic heterocycles. The van der Waals surface area contributed by atoms with Crippen molar-refractivity contribution in [3.8, 4) is 0 Å². The molecule has 0 radical (unpaired) electrons. The SMILES string of the molecule is O=C(Nc1nnc(Cc2ccc(Cl)s2)o1)c1cccc(N2C(=O)CCC2=O)c1. The molecule has 1 aliphatic rings. The van der Waals surface area contributed by atoms with Crippen LogP contribution in [0.4, 0.5) is 11.7 Å². The fraction of sp³-hybridized carbons (Fsp3) is 0.167. The largest absolute Gasteiger partial charge is 0.407 e. The van der Waals surface area contributed by atoms with Crippen LogP contribution in [0.3, 0.4) is 0 Å². The zero-order valence-electron chi connectivity index (χ0n) is 14.3. The van der Waals surface area contributed by atoms with Crippen LogP contribution in [0, 0.1) is 0 Å². The lowest BCUT2D eigenvalue weighted by atomic mass is 10.2. The summed E-state index contributed by atoms with van der Waals surface area (Å²) in [6, 6.07) is 9.85. The molecule has 0 spiro atoms. The Morgan fingerprint density at radius 2 is 1.96 bits per heavy atom. The molecule has 3 heterocycles. The predicted molar refractivity (Wildman–Crippen MR) is 103 cm³/mol. The van der Waals surface area contributed by atoms with Gasteiger partial charge in [-0.15, -0.1) is 16.4 Å². The second-order valence-corrected chi connectivity index (χ2v) is 7.81. The topological polar surface area (TPSA) is 105 Å². The van der Waals surface area contributed by atoms with Gasteiger partial charge in [-0.3, -0.25) is 24.6 Å². The third kappa shape index (κ3) is 3.80. The number of anilines is 2. The van der Waals surface area contributed by atoms with Gasteiger partial charge < -0.3 is 4.42 Å². The van der Waals surface area contributed by atoms with Gasteiger partial charge in [-0.1, -0.05) is 22.8 Å². The first-order valence-electron chi connectivity index (χ1n) is 8.33. The number of rotatable bonds is 5. The predicted octanol–water partition coefficient (Wildman–Crippen LogP) is 3.28. The van der Waals surface area contributed by atoms with Crippen molar-refractivity contribution in [3.05, 3.63) is 57.1 Å². The van der Waals surface area contributed by atoms with Crippen molar-refractivity contribution >= 4 is 52.4 Å². The summed E-state index contributed by atoms with van der Waals surface area (Å²) in [7, 11) is 0. The Hall–Kier alpha value is -3.04. The molecule has 28 heavy (non-hydrogen) atoms. The minimum absolute atomic E-state index is 0.0404. The smallest absolute Gasteiger partial charge is 0.322 e. The monoisotopic (exact) mass is 416 g/mol. The van der Waals surface area contributed by atoms with E-state index < -0.39 is 5.91 Å². The lowest BCUT2D eigenvalue weighted by Crippen LogP contribution is -2.28. The van der Waals surface area contributed by atoms with E-state index in [2.05, 4.69) is 15.5 Å². The molecule has 4 rings (SSSR count). The van der Waals surface area contributed by atoms with Crippen LogP contribution in [0.1, 0.15) is 34.0 Å². The van der Waals surface area contributed by atoms with Gasteiger partial charge in [0.1, 0.15) is 0 Å². The van der Waals surface area contributed by atoms with Crippen molar-refractivity contribution in [1.82, 2.24) is 10.2 Å². The number of nitrogens with zero attached hydrogens (tertiary/aromatic N) is 3. The van der Waals surface area contributed by atoms with E-state index in [1.807, 2.05) is 6.07 Å². The number of nitrogens with one attached hydrogen (secondary N) is 1. The van der Waals surface area contributed by atoms with E-state index in [0.29, 0.717) is 22.3 Å². The molecule has 0 atom stereocenters. The minimum Gasteiger partial charge on any atom is -0.407 e. The molecule has 142 valence electrons. The summed E-state index contributed by atoms with van der Waals surface area (Å²) in [4.78, 5) is 38.3. The van der Waals surface area contributed by atoms with E-state index in [0.717, 1.165) is 9.78 Å². The van der Waals surface area contributed by atoms with Gasteiger partial charge >= 0.3 is 6.01 Å². The summed E-state index contributed by atoms with van der Waals surface area (Å²) >= 11 is 7.30. The average Bonchev–Trinajstić information content (AvgIpc) is 3.37. The Kier molecular flexibility index (Phi) is 4.93. The van der Waals surface area contributed by atoms with Gasteiger partial charge in [-0.2, -0.15) is 0 Å². The normalized spacial score (nSPS) is 14.0. The van der Waals surface area contributed by atoms with Gasteiger partial charge in [0.15, 0.2) is 0 Å². The zero-order valence-corrected chi connectivity index (χ0v) is 15.9. The van der Waals surface area contributed by atoms with Crippen molar-refractivity contribution in [2.45, 2.75) is 19.3 Å². The summed E-state index contributed by atoms with van der Waals surface area (Å²) in [5.74, 6) is -0.707. The standard InChI is InChI=1S/C18H13ClN4O4S/c19-13-5-4-12(28-13)9-14-21-22-18(27-14)20-17(26)10-2-1-3-11(8-10)23-15(24)6-7-16(23)25/h1-5,8H,6-7,9H2,(H,20,22,26). The summed E-state index contributed by atoms with van der Waals surface area (Å²) in [5, 5.41) is 10.2.